The Bertz CT molecular complexity index is 3210. The molecule has 0 bridgehead atoms. The molecule has 1 aromatic heterocycles. The summed E-state index contributed by atoms with van der Waals surface area (Å²) in [6.45, 7) is 0. The van der Waals surface area contributed by atoms with Crippen molar-refractivity contribution in [3.8, 4) is 27.9 Å². The first-order valence-corrected chi connectivity index (χ1v) is 20.2. The first kappa shape index (κ1) is 33.9. The van der Waals surface area contributed by atoms with Gasteiger partial charge in [0.25, 0.3) is 0 Å². The number of hydrogen-bond acceptors (Lipinski definition) is 1. The Balaban J connectivity index is 1.06. The number of fused-ring (bicyclic) bond motifs is 5. The number of allylic oxidation sites excluding steroid dienone is 3. The predicted molar refractivity (Wildman–Crippen MR) is 247 cm³/mol. The van der Waals surface area contributed by atoms with Gasteiger partial charge in [-0.1, -0.05) is 158 Å². The van der Waals surface area contributed by atoms with E-state index in [0.29, 0.717) is 0 Å². The fourth-order valence-corrected chi connectivity index (χ4v) is 9.11. The maximum absolute atomic E-state index is 2.45. The summed E-state index contributed by atoms with van der Waals surface area (Å²) in [7, 11) is 0. The summed E-state index contributed by atoms with van der Waals surface area (Å²) >= 11 is 0. The molecule has 1 aliphatic rings. The molecule has 0 N–H and O–H groups in total. The second-order valence-electron chi connectivity index (χ2n) is 15.2. The quantitative estimate of drug-likeness (QED) is 0.158. The molecule has 2 heteroatoms. The number of benzene rings is 9. The van der Waals surface area contributed by atoms with Crippen LogP contribution in [0.1, 0.15) is 18.4 Å². The number of rotatable bonds is 7. The van der Waals surface area contributed by atoms with Crippen molar-refractivity contribution in [1.82, 2.24) is 4.57 Å². The second-order valence-corrected chi connectivity index (χ2v) is 15.2. The highest BCUT2D eigenvalue weighted by atomic mass is 15.1. The molecule has 9 aromatic carbocycles. The lowest BCUT2D eigenvalue weighted by atomic mass is 9.91. The van der Waals surface area contributed by atoms with Gasteiger partial charge in [0.15, 0.2) is 0 Å². The molecule has 0 spiro atoms. The molecular formula is C56H40N2. The minimum absolute atomic E-state index is 0.966. The van der Waals surface area contributed by atoms with E-state index in [1.165, 1.54) is 82.4 Å². The monoisotopic (exact) mass is 740 g/mol. The summed E-state index contributed by atoms with van der Waals surface area (Å²) in [5.41, 5.74) is 14.5. The molecule has 0 saturated heterocycles. The molecule has 0 atom stereocenters. The minimum atomic E-state index is 0.966. The van der Waals surface area contributed by atoms with E-state index in [-0.39, 0.29) is 0 Å². The van der Waals surface area contributed by atoms with Crippen molar-refractivity contribution in [2.75, 3.05) is 4.90 Å². The van der Waals surface area contributed by atoms with Gasteiger partial charge in [0.1, 0.15) is 0 Å². The number of aromatic nitrogens is 1. The van der Waals surface area contributed by atoms with Crippen molar-refractivity contribution in [2.24, 2.45) is 0 Å². The smallest absolute Gasteiger partial charge is 0.0547 e. The highest BCUT2D eigenvalue weighted by Gasteiger charge is 2.21. The molecule has 0 aliphatic heterocycles. The molecule has 2 nitrogen and oxygen atoms in total. The van der Waals surface area contributed by atoms with E-state index < -0.39 is 0 Å². The molecule has 11 rings (SSSR count). The van der Waals surface area contributed by atoms with Gasteiger partial charge in [0.2, 0.25) is 0 Å². The summed E-state index contributed by atoms with van der Waals surface area (Å²) in [6.07, 6.45) is 6.80. The van der Waals surface area contributed by atoms with E-state index in [0.717, 1.165) is 29.9 Å². The van der Waals surface area contributed by atoms with Crippen LogP contribution in [-0.2, 0) is 0 Å². The Hall–Kier alpha value is -7.42. The Morgan fingerprint density at radius 1 is 0.414 bits per heavy atom. The third kappa shape index (κ3) is 5.90. The van der Waals surface area contributed by atoms with Crippen molar-refractivity contribution in [3.05, 3.63) is 230 Å². The molecule has 0 amide bonds. The van der Waals surface area contributed by atoms with Gasteiger partial charge in [0.05, 0.1) is 11.0 Å². The van der Waals surface area contributed by atoms with E-state index >= 15 is 0 Å². The Morgan fingerprint density at radius 2 is 1.09 bits per heavy atom. The zero-order chi connectivity index (χ0) is 38.4. The predicted octanol–water partition coefficient (Wildman–Crippen LogP) is 15.3. The van der Waals surface area contributed by atoms with Crippen LogP contribution in [0.3, 0.4) is 0 Å². The molecule has 0 fully saturated rings. The van der Waals surface area contributed by atoms with Crippen molar-refractivity contribution in [1.29, 1.82) is 0 Å². The average molecular weight is 741 g/mol. The topological polar surface area (TPSA) is 8.17 Å². The van der Waals surface area contributed by atoms with E-state index in [1.54, 1.807) is 0 Å². The number of nitrogens with zero attached hydrogens (tertiary/aromatic N) is 2. The van der Waals surface area contributed by atoms with Crippen LogP contribution >= 0.6 is 0 Å². The first-order chi connectivity index (χ1) is 28.8. The van der Waals surface area contributed by atoms with Crippen LogP contribution in [-0.4, -0.2) is 4.57 Å². The minimum Gasteiger partial charge on any atom is -0.311 e. The van der Waals surface area contributed by atoms with Crippen LogP contribution in [0.2, 0.25) is 0 Å². The van der Waals surface area contributed by atoms with E-state index in [9.17, 15) is 0 Å². The van der Waals surface area contributed by atoms with Gasteiger partial charge in [-0.15, -0.1) is 0 Å². The summed E-state index contributed by atoms with van der Waals surface area (Å²) in [6, 6.07) is 75.2. The van der Waals surface area contributed by atoms with Crippen LogP contribution in [0.25, 0.3) is 76.9 Å². The van der Waals surface area contributed by atoms with E-state index in [2.05, 4.69) is 228 Å². The zero-order valence-electron chi connectivity index (χ0n) is 32.1. The summed E-state index contributed by atoms with van der Waals surface area (Å²) < 4.78 is 2.40. The molecule has 58 heavy (non-hydrogen) atoms. The van der Waals surface area contributed by atoms with Gasteiger partial charge < -0.3 is 9.47 Å². The van der Waals surface area contributed by atoms with Crippen LogP contribution in [0.15, 0.2) is 224 Å². The van der Waals surface area contributed by atoms with Gasteiger partial charge in [-0.25, -0.2) is 0 Å². The highest BCUT2D eigenvalue weighted by molar-refractivity contribution is 6.16. The Morgan fingerprint density at radius 3 is 1.97 bits per heavy atom. The molecule has 10 aromatic rings. The van der Waals surface area contributed by atoms with Crippen LogP contribution in [0.5, 0.6) is 0 Å². The third-order valence-electron chi connectivity index (χ3n) is 11.8. The average Bonchev–Trinajstić information content (AvgIpc) is 3.64. The van der Waals surface area contributed by atoms with E-state index in [4.69, 9.17) is 0 Å². The summed E-state index contributed by atoms with van der Waals surface area (Å²) in [5.74, 6) is 0. The molecule has 0 saturated carbocycles. The molecular weight excluding hydrogens is 701 g/mol. The SMILES string of the molecule is C1=C(c2cccc3ccccc23)CCC=C1N(c1ccc(-c2ccc3ccccc3c2)cc1)c1cccc(-c2cccc3c2c2ccccc2n3-c2ccccc2)c1. The number of anilines is 2. The standard InChI is InChI=1S/C56H40N2/c1-2-20-46(21-3-1)58-54-28-9-8-25-53(54)56-52(27-13-29-55(56)58)45-19-11-23-49(38-45)57(47-34-32-40(33-35-47)43-31-30-39-14-4-5-16-42(39)36-43)48-22-10-18-44(37-48)51-26-12-17-41-15-6-7-24-50(41)51/h1-9,11-17,19-38H,10,18H2. The van der Waals surface area contributed by atoms with Crippen LogP contribution in [0.4, 0.5) is 11.4 Å². The van der Waals surface area contributed by atoms with Gasteiger partial charge in [-0.05, 0) is 128 Å². The number of hydrogen-bond donors (Lipinski definition) is 0. The van der Waals surface area contributed by atoms with Gasteiger partial charge >= 0.3 is 0 Å². The first-order valence-electron chi connectivity index (χ1n) is 20.2. The lowest BCUT2D eigenvalue weighted by Gasteiger charge is -2.30. The number of para-hydroxylation sites is 2. The molecule has 0 radical (unpaired) electrons. The lowest BCUT2D eigenvalue weighted by molar-refractivity contribution is 1.01. The summed E-state index contributed by atoms with van der Waals surface area (Å²) in [4.78, 5) is 2.45. The molecule has 1 aliphatic carbocycles. The summed E-state index contributed by atoms with van der Waals surface area (Å²) in [5, 5.41) is 7.60. The van der Waals surface area contributed by atoms with Gasteiger partial charge in [-0.2, -0.15) is 0 Å². The fraction of sp³-hybridized carbons (Fsp3) is 0.0357. The van der Waals surface area contributed by atoms with Crippen molar-refractivity contribution in [2.45, 2.75) is 12.8 Å². The lowest BCUT2D eigenvalue weighted by Crippen LogP contribution is -2.17. The highest BCUT2D eigenvalue weighted by Crippen LogP contribution is 2.42. The van der Waals surface area contributed by atoms with Gasteiger partial charge in [-0.3, -0.25) is 0 Å². The van der Waals surface area contributed by atoms with Crippen molar-refractivity contribution >= 4 is 60.3 Å². The van der Waals surface area contributed by atoms with Crippen molar-refractivity contribution < 1.29 is 0 Å². The van der Waals surface area contributed by atoms with Crippen molar-refractivity contribution in [3.63, 3.8) is 0 Å². The van der Waals surface area contributed by atoms with Crippen LogP contribution < -0.4 is 4.90 Å². The molecule has 0 unspecified atom stereocenters. The second kappa shape index (κ2) is 14.3. The van der Waals surface area contributed by atoms with Gasteiger partial charge in [0, 0.05) is 33.5 Å². The zero-order valence-corrected chi connectivity index (χ0v) is 32.1. The Labute approximate surface area is 338 Å². The van der Waals surface area contributed by atoms with E-state index in [1.807, 2.05) is 0 Å². The fourth-order valence-electron chi connectivity index (χ4n) is 9.11. The van der Waals surface area contributed by atoms with Crippen LogP contribution in [0, 0.1) is 0 Å². The molecule has 1 heterocycles. The Kier molecular flexibility index (Phi) is 8.33. The maximum Gasteiger partial charge on any atom is 0.0547 e. The molecule has 274 valence electrons. The normalized spacial score (nSPS) is 12.9. The maximum atomic E-state index is 2.45. The third-order valence-corrected chi connectivity index (χ3v) is 11.8. The largest absolute Gasteiger partial charge is 0.311 e.